The standard InChI is InChI=1S/C45H53N2O6PSi.C22H34N2O4Si/c1-9-28-52-44(51)43(54(35-22-13-10-14-23-35,36-24-15-11-16-25-36)37-26-17-12-18-27-37)47-38(41(42(47)50)32(2)53-55(7,8)45(3,4)5)31-39(48)34-21-19-20-33(29-34)30-40(49)46-6;1-14(28-29(6,7)22(2,3)4)20-17(24-21(20)27)13-18(25)16-10-8-9-15(11-16)12-19(26)23-5/h9-27,29,32,38,41H,1,28,30-31H2,2-8H3,(H,46,49);8-11,14,17,20H,12-13H2,1-7H3,(H,23,26)(H,24,27)/t32-,38-,41-;14-,17-,20-/m11/s1. The predicted octanol–water partition coefficient (Wildman–Crippen LogP) is 9.71. The average molecular weight is 1200 g/mol. The van der Waals surface area contributed by atoms with Crippen LogP contribution in [0.2, 0.25) is 36.3 Å². The van der Waals surface area contributed by atoms with Crippen molar-refractivity contribution in [2.24, 2.45) is 11.8 Å². The number of ketones is 2. The Labute approximate surface area is 500 Å². The molecular formula is C67H87N4O10PSi2. The van der Waals surface area contributed by atoms with Crippen molar-refractivity contribution in [3.8, 4) is 0 Å². The molecule has 5 aromatic carbocycles. The molecule has 448 valence electrons. The first-order valence-electron chi connectivity index (χ1n) is 28.9. The zero-order valence-corrected chi connectivity index (χ0v) is 54.4. The maximum atomic E-state index is 15.1. The minimum Gasteiger partial charge on any atom is -0.457 e. The van der Waals surface area contributed by atoms with Crippen molar-refractivity contribution >= 4 is 86.0 Å². The molecule has 0 radical (unpaired) electrons. The van der Waals surface area contributed by atoms with Gasteiger partial charge in [-0.1, -0.05) is 182 Å². The van der Waals surface area contributed by atoms with Gasteiger partial charge in [-0.05, 0) is 89.3 Å². The molecule has 84 heavy (non-hydrogen) atoms. The molecule has 0 spiro atoms. The normalized spacial score (nSPS) is 17.8. The molecule has 2 heterocycles. The van der Waals surface area contributed by atoms with Crippen LogP contribution in [0.3, 0.4) is 0 Å². The van der Waals surface area contributed by atoms with E-state index in [0.29, 0.717) is 16.7 Å². The molecule has 4 amide bonds. The van der Waals surface area contributed by atoms with Crippen molar-refractivity contribution in [1.29, 1.82) is 0 Å². The number of nitrogens with zero attached hydrogens (tertiary/aromatic N) is 1. The zero-order chi connectivity index (χ0) is 62.0. The number of esters is 1. The SMILES string of the molecule is C=CCOC(=O)C(N1C(=O)[C@H]([C@@H](C)O[Si](C)(C)C(C)(C)C)[C@H]1CC(=O)c1cccc(CC(=O)NC)c1)=P(c1ccccc1)(c1ccccc1)c1ccccc1.CNC(=O)Cc1cccc(C(=O)C[C@H]2NC(=O)[C@@H]2[C@@H](C)O[Si](C)(C)C(C)(C)C)c1. The highest BCUT2D eigenvalue weighted by Crippen LogP contribution is 2.51. The van der Waals surface area contributed by atoms with Crippen molar-refractivity contribution in [3.05, 3.63) is 174 Å². The van der Waals surface area contributed by atoms with E-state index in [1.807, 2.05) is 117 Å². The van der Waals surface area contributed by atoms with Crippen LogP contribution in [0.1, 0.15) is 100 Å². The number of hydrogen-bond donors (Lipinski definition) is 3. The molecule has 7 rings (SSSR count). The summed E-state index contributed by atoms with van der Waals surface area (Å²) in [7, 11) is -1.23. The van der Waals surface area contributed by atoms with E-state index in [1.54, 1.807) is 55.4 Å². The topological polar surface area (TPSA) is 187 Å². The Morgan fingerprint density at radius 2 is 1.02 bits per heavy atom. The monoisotopic (exact) mass is 1190 g/mol. The van der Waals surface area contributed by atoms with Gasteiger partial charge in [-0.15, -0.1) is 0 Å². The molecule has 0 bridgehead atoms. The Hall–Kier alpha value is -6.82. The second-order valence-electron chi connectivity index (χ2n) is 24.9. The Morgan fingerprint density at radius 3 is 1.40 bits per heavy atom. The van der Waals surface area contributed by atoms with Crippen LogP contribution in [0.25, 0.3) is 0 Å². The zero-order valence-electron chi connectivity index (χ0n) is 51.5. The highest BCUT2D eigenvalue weighted by atomic mass is 31.2. The maximum absolute atomic E-state index is 15.1. The van der Waals surface area contributed by atoms with Gasteiger partial charge in [0.2, 0.25) is 23.6 Å². The van der Waals surface area contributed by atoms with E-state index in [9.17, 15) is 28.8 Å². The second-order valence-corrected chi connectivity index (χ2v) is 37.7. The summed E-state index contributed by atoms with van der Waals surface area (Å²) >= 11 is 0. The van der Waals surface area contributed by atoms with Crippen molar-refractivity contribution in [2.75, 3.05) is 20.7 Å². The number of nitrogens with one attached hydrogen (secondary N) is 3. The summed E-state index contributed by atoms with van der Waals surface area (Å²) in [5, 5.41) is 10.6. The third-order valence-corrected chi connectivity index (χ3v) is 30.4. The van der Waals surface area contributed by atoms with Crippen molar-refractivity contribution in [2.45, 2.75) is 142 Å². The Kier molecular flexibility index (Phi) is 22.0. The van der Waals surface area contributed by atoms with E-state index in [1.165, 1.54) is 6.08 Å². The number of likely N-dealkylation sites (tertiary alicyclic amines) is 1. The molecule has 2 aliphatic rings. The number of β-lactam (4-membered cyclic amide) rings is 2. The van der Waals surface area contributed by atoms with Gasteiger partial charge in [0.05, 0.1) is 49.0 Å². The first-order valence-corrected chi connectivity index (χ1v) is 36.5. The number of amides is 4. The van der Waals surface area contributed by atoms with Crippen LogP contribution >= 0.6 is 6.89 Å². The molecule has 5 aromatic rings. The fraction of sp³-hybridized carbons (Fsp3) is 0.403. The molecular weight excluding hydrogens is 1110 g/mol. The molecule has 2 fully saturated rings. The van der Waals surface area contributed by atoms with Crippen molar-refractivity contribution in [1.82, 2.24) is 20.9 Å². The molecule has 0 aliphatic carbocycles. The van der Waals surface area contributed by atoms with Gasteiger partial charge in [0, 0.05) is 44.9 Å². The molecule has 17 heteroatoms. The van der Waals surface area contributed by atoms with Gasteiger partial charge in [0.25, 0.3) is 0 Å². The van der Waals surface area contributed by atoms with E-state index in [-0.39, 0.29) is 101 Å². The van der Waals surface area contributed by atoms with Gasteiger partial charge < -0.3 is 34.4 Å². The number of hydrogen-bond acceptors (Lipinski definition) is 10. The summed E-state index contributed by atoms with van der Waals surface area (Å²) in [6.07, 6.45) is 1.22. The van der Waals surface area contributed by atoms with Crippen LogP contribution in [0.15, 0.2) is 152 Å². The fourth-order valence-corrected chi connectivity index (χ4v) is 17.7. The van der Waals surface area contributed by atoms with Crippen LogP contribution in [-0.2, 0) is 50.4 Å². The lowest BCUT2D eigenvalue weighted by molar-refractivity contribution is -0.156. The summed E-state index contributed by atoms with van der Waals surface area (Å²) in [5.74, 6) is -2.57. The number of ether oxygens (including phenoxy) is 1. The van der Waals surface area contributed by atoms with Gasteiger partial charge in [-0.25, -0.2) is 4.79 Å². The Bertz CT molecular complexity index is 3140. The van der Waals surface area contributed by atoms with Crippen LogP contribution in [0, 0.1) is 11.8 Å². The number of carbonyl (C=O) groups is 7. The number of Topliss-reactive ketones (excluding diaryl/α,β-unsaturated/α-hetero) is 2. The average Bonchev–Trinajstić information content (AvgIpc) is 0.816. The number of rotatable bonds is 23. The summed E-state index contributed by atoms with van der Waals surface area (Å²) in [6.45, 7) is 25.9. The third-order valence-electron chi connectivity index (χ3n) is 17.0. The molecule has 6 atom stereocenters. The summed E-state index contributed by atoms with van der Waals surface area (Å²) in [5.41, 5.74) is 2.66. The van der Waals surface area contributed by atoms with Gasteiger partial charge in [-0.2, -0.15) is 0 Å². The maximum Gasteiger partial charge on any atom is 0.356 e. The summed E-state index contributed by atoms with van der Waals surface area (Å²) < 4.78 is 19.2. The summed E-state index contributed by atoms with van der Waals surface area (Å²) in [6, 6.07) is 42.5. The third kappa shape index (κ3) is 15.2. The minimum atomic E-state index is -3.20. The van der Waals surface area contributed by atoms with Crippen molar-refractivity contribution in [3.63, 3.8) is 0 Å². The van der Waals surface area contributed by atoms with Crippen LogP contribution in [0.4, 0.5) is 0 Å². The molecule has 3 N–H and O–H groups in total. The Balaban J connectivity index is 0.000000328. The van der Waals surface area contributed by atoms with Crippen LogP contribution in [-0.4, -0.2) is 113 Å². The molecule has 14 nitrogen and oxygen atoms in total. The van der Waals surface area contributed by atoms with E-state index in [4.69, 9.17) is 13.6 Å². The minimum absolute atomic E-state index is 0.0433. The first kappa shape index (κ1) is 66.3. The van der Waals surface area contributed by atoms with E-state index >= 15 is 4.79 Å². The fourth-order valence-electron chi connectivity index (χ4n) is 10.4. The molecule has 0 unspecified atom stereocenters. The van der Waals surface area contributed by atoms with Gasteiger partial charge in [-0.3, -0.25) is 28.8 Å². The number of likely N-dealkylation sites (N-methyl/N-ethyl adjacent to an activating group) is 2. The highest BCUT2D eigenvalue weighted by molar-refractivity contribution is 7.96. The largest absolute Gasteiger partial charge is 0.457 e. The van der Waals surface area contributed by atoms with Crippen LogP contribution < -0.4 is 31.9 Å². The number of carbonyl (C=O) groups excluding carboxylic acids is 7. The lowest BCUT2D eigenvalue weighted by Crippen LogP contribution is -2.69. The quantitative estimate of drug-likeness (QED) is 0.0142. The van der Waals surface area contributed by atoms with E-state index in [2.05, 4.69) is 90.3 Å². The van der Waals surface area contributed by atoms with Crippen LogP contribution in [0.5, 0.6) is 0 Å². The Morgan fingerprint density at radius 1 is 0.619 bits per heavy atom. The molecule has 2 aliphatic heterocycles. The first-order chi connectivity index (χ1) is 39.5. The molecule has 2 saturated heterocycles. The van der Waals surface area contributed by atoms with E-state index < -0.39 is 47.6 Å². The molecule has 0 aromatic heterocycles. The predicted molar refractivity (Wildman–Crippen MR) is 343 cm³/mol. The van der Waals surface area contributed by atoms with Gasteiger partial charge >= 0.3 is 5.97 Å². The van der Waals surface area contributed by atoms with Gasteiger partial charge in [0.15, 0.2) is 28.2 Å². The number of benzene rings is 5. The smallest absolute Gasteiger partial charge is 0.356 e. The lowest BCUT2D eigenvalue weighted by atomic mass is 9.79. The second kappa shape index (κ2) is 27.9. The molecule has 0 saturated carbocycles. The van der Waals surface area contributed by atoms with Gasteiger partial charge in [0.1, 0.15) is 12.0 Å². The lowest BCUT2D eigenvalue weighted by Gasteiger charge is -2.53. The van der Waals surface area contributed by atoms with E-state index in [0.717, 1.165) is 21.5 Å². The summed E-state index contributed by atoms with van der Waals surface area (Å²) in [4.78, 5) is 94.9. The highest BCUT2D eigenvalue weighted by Gasteiger charge is 2.57. The van der Waals surface area contributed by atoms with Crippen molar-refractivity contribution < 1.29 is 47.2 Å².